The predicted molar refractivity (Wildman–Crippen MR) is 143 cm³/mol. The molecule has 12 heteroatoms. The van der Waals surface area contributed by atoms with Crippen molar-refractivity contribution in [2.24, 2.45) is 11.8 Å². The average Bonchev–Trinajstić information content (AvgIpc) is 3.51. The smallest absolute Gasteiger partial charge is 0.273 e. The molecule has 3 aliphatic rings. The molecule has 0 aromatic carbocycles. The maximum Gasteiger partial charge on any atom is 0.273 e. The number of rotatable bonds is 14. The van der Waals surface area contributed by atoms with Gasteiger partial charge in [-0.05, 0) is 12.8 Å². The molecule has 2 fully saturated rings. The fraction of sp³-hybridized carbons (Fsp3) is 0.680. The van der Waals surface area contributed by atoms with Gasteiger partial charge < -0.3 is 10.6 Å². The van der Waals surface area contributed by atoms with Gasteiger partial charge in [0.25, 0.3) is 15.9 Å². The highest BCUT2D eigenvalue weighted by Crippen LogP contribution is 2.45. The number of sulfonamides is 1. The lowest BCUT2D eigenvalue weighted by molar-refractivity contribution is -0.124. The fourth-order valence-corrected chi connectivity index (χ4v) is 7.49. The summed E-state index contributed by atoms with van der Waals surface area (Å²) < 4.78 is 28.1. The summed E-state index contributed by atoms with van der Waals surface area (Å²) in [5.74, 6) is -1.31. The molecule has 1 aliphatic carbocycles. The molecule has 37 heavy (non-hydrogen) atoms. The molecule has 1 aromatic heterocycles. The van der Waals surface area contributed by atoms with Crippen LogP contribution in [-0.4, -0.2) is 47.7 Å². The third kappa shape index (κ3) is 6.76. The first kappa shape index (κ1) is 27.7. The fourth-order valence-electron chi connectivity index (χ4n) is 5.19. The lowest BCUT2D eigenvalue weighted by Gasteiger charge is -2.18. The molecule has 4 rings (SSSR count). The Morgan fingerprint density at radius 2 is 1.78 bits per heavy atom. The summed E-state index contributed by atoms with van der Waals surface area (Å²) in [7, 11) is -3.73. The van der Waals surface area contributed by atoms with E-state index in [2.05, 4.69) is 27.4 Å². The van der Waals surface area contributed by atoms with Crippen LogP contribution in [0.3, 0.4) is 0 Å². The van der Waals surface area contributed by atoms with E-state index in [0.717, 1.165) is 36.4 Å². The first-order chi connectivity index (χ1) is 17.8. The topological polar surface area (TPSA) is 139 Å². The van der Waals surface area contributed by atoms with Crippen LogP contribution >= 0.6 is 11.8 Å². The molecule has 3 unspecified atom stereocenters. The molecule has 0 spiro atoms. The normalized spacial score (nSPS) is 23.4. The molecule has 204 valence electrons. The Balaban J connectivity index is 1.34. The van der Waals surface area contributed by atoms with Crippen LogP contribution in [0.15, 0.2) is 10.3 Å². The number of amides is 2. The standard InChI is InChI=1S/C25H37N5O5S2/c1-2-3-4-5-6-7-8-9-10-11-14-26-24(33)20-21(22-29-37(34,35)16-15-30(22)28-20)36-25-19-17(23(32)27-25)12-13-18(19)31/h15-17,19,25,29H,2-14H2,1H3,(H,26,33)(H,27,32). The van der Waals surface area contributed by atoms with E-state index in [1.807, 2.05) is 0 Å². The molecule has 10 nitrogen and oxygen atoms in total. The highest BCUT2D eigenvalue weighted by Gasteiger charge is 2.51. The number of ketones is 1. The quantitative estimate of drug-likeness (QED) is 0.298. The SMILES string of the molecule is CCCCCCCCCCCCNC(=O)c1nn2c(c1SC1NC(=O)C3CCC(=O)C13)NS(=O)(=O)C=C2. The highest BCUT2D eigenvalue weighted by molar-refractivity contribution is 8.00. The van der Waals surface area contributed by atoms with Gasteiger partial charge in [-0.1, -0.05) is 76.5 Å². The minimum absolute atomic E-state index is 0.00863. The Kier molecular flexibility index (Phi) is 9.33. The first-order valence-corrected chi connectivity index (χ1v) is 15.8. The van der Waals surface area contributed by atoms with E-state index in [0.29, 0.717) is 24.3 Å². The van der Waals surface area contributed by atoms with Crippen molar-refractivity contribution in [3.8, 4) is 0 Å². The molecular weight excluding hydrogens is 514 g/mol. The van der Waals surface area contributed by atoms with Crippen molar-refractivity contribution in [3.63, 3.8) is 0 Å². The maximum atomic E-state index is 13.1. The second-order valence-corrected chi connectivity index (χ2v) is 12.7. The van der Waals surface area contributed by atoms with Crippen LogP contribution in [0, 0.1) is 11.8 Å². The number of fused-ring (bicyclic) bond motifs is 2. The predicted octanol–water partition coefficient (Wildman–Crippen LogP) is 3.86. The summed E-state index contributed by atoms with van der Waals surface area (Å²) in [4.78, 5) is 38.2. The van der Waals surface area contributed by atoms with Gasteiger partial charge in [0.1, 0.15) is 5.78 Å². The zero-order valence-electron chi connectivity index (χ0n) is 21.3. The molecule has 1 saturated heterocycles. The van der Waals surface area contributed by atoms with Crippen molar-refractivity contribution in [2.75, 3.05) is 11.3 Å². The van der Waals surface area contributed by atoms with Crippen LogP contribution in [0.5, 0.6) is 0 Å². The van der Waals surface area contributed by atoms with Crippen molar-refractivity contribution in [1.29, 1.82) is 0 Å². The summed E-state index contributed by atoms with van der Waals surface area (Å²) in [6, 6.07) is 0. The van der Waals surface area contributed by atoms with Crippen LogP contribution in [-0.2, 0) is 19.6 Å². The number of carbonyl (C=O) groups is 3. The van der Waals surface area contributed by atoms with Gasteiger partial charge in [-0.3, -0.25) is 19.1 Å². The number of unbranched alkanes of at least 4 members (excludes halogenated alkanes) is 9. The highest BCUT2D eigenvalue weighted by atomic mass is 32.2. The molecule has 2 aliphatic heterocycles. The van der Waals surface area contributed by atoms with E-state index >= 15 is 0 Å². The lowest BCUT2D eigenvalue weighted by atomic mass is 9.99. The summed E-state index contributed by atoms with van der Waals surface area (Å²) in [5, 5.41) is 10.5. The minimum Gasteiger partial charge on any atom is -0.351 e. The van der Waals surface area contributed by atoms with Crippen molar-refractivity contribution >= 4 is 51.4 Å². The van der Waals surface area contributed by atoms with Gasteiger partial charge in [0.05, 0.1) is 27.5 Å². The Bertz CT molecular complexity index is 1140. The van der Waals surface area contributed by atoms with E-state index in [1.54, 1.807) is 0 Å². The Morgan fingerprint density at radius 1 is 1.11 bits per heavy atom. The molecule has 3 heterocycles. The van der Waals surface area contributed by atoms with Crippen LogP contribution in [0.4, 0.5) is 5.82 Å². The molecule has 3 N–H and O–H groups in total. The maximum absolute atomic E-state index is 13.1. The number of thioether (sulfide) groups is 1. The van der Waals surface area contributed by atoms with E-state index in [9.17, 15) is 22.8 Å². The molecule has 0 bridgehead atoms. The van der Waals surface area contributed by atoms with Crippen LogP contribution in [0.2, 0.25) is 0 Å². The van der Waals surface area contributed by atoms with Gasteiger partial charge >= 0.3 is 0 Å². The van der Waals surface area contributed by atoms with Crippen LogP contribution in [0.1, 0.15) is 94.5 Å². The number of carbonyl (C=O) groups excluding carboxylic acids is 3. The molecule has 3 atom stereocenters. The molecule has 2 amide bonds. The molecule has 1 saturated carbocycles. The van der Waals surface area contributed by atoms with Crippen molar-refractivity contribution < 1.29 is 22.8 Å². The van der Waals surface area contributed by atoms with Crippen molar-refractivity contribution in [1.82, 2.24) is 20.4 Å². The number of Topliss-reactive ketones (excluding diaryl/α,β-unsaturated/α-hetero) is 1. The average molecular weight is 552 g/mol. The second-order valence-electron chi connectivity index (χ2n) is 10.0. The van der Waals surface area contributed by atoms with Gasteiger partial charge in [-0.15, -0.1) is 0 Å². The largest absolute Gasteiger partial charge is 0.351 e. The lowest BCUT2D eigenvalue weighted by Crippen LogP contribution is -2.30. The summed E-state index contributed by atoms with van der Waals surface area (Å²) >= 11 is 1.11. The van der Waals surface area contributed by atoms with Gasteiger partial charge in [0.2, 0.25) is 5.91 Å². The summed E-state index contributed by atoms with van der Waals surface area (Å²) in [5.41, 5.74) is 0.0736. The molecule has 0 radical (unpaired) electrons. The summed E-state index contributed by atoms with van der Waals surface area (Å²) in [6.45, 7) is 2.71. The third-order valence-corrected chi connectivity index (χ3v) is 9.46. The van der Waals surface area contributed by atoms with Gasteiger partial charge in [0.15, 0.2) is 11.5 Å². The first-order valence-electron chi connectivity index (χ1n) is 13.4. The van der Waals surface area contributed by atoms with Gasteiger partial charge in [-0.2, -0.15) is 5.10 Å². The van der Waals surface area contributed by atoms with E-state index in [1.165, 1.54) is 55.8 Å². The van der Waals surface area contributed by atoms with Gasteiger partial charge in [0, 0.05) is 19.2 Å². The zero-order chi connectivity index (χ0) is 26.4. The minimum atomic E-state index is -3.73. The molecular formula is C25H37N5O5S2. The zero-order valence-corrected chi connectivity index (χ0v) is 23.0. The van der Waals surface area contributed by atoms with Crippen LogP contribution in [0.25, 0.3) is 6.20 Å². The van der Waals surface area contributed by atoms with Crippen molar-refractivity contribution in [2.45, 2.75) is 94.2 Å². The van der Waals surface area contributed by atoms with E-state index < -0.39 is 27.2 Å². The number of aromatic nitrogens is 2. The second kappa shape index (κ2) is 12.5. The van der Waals surface area contributed by atoms with Gasteiger partial charge in [-0.25, -0.2) is 13.1 Å². The Labute approximate surface area is 222 Å². The van der Waals surface area contributed by atoms with Crippen LogP contribution < -0.4 is 15.4 Å². The van der Waals surface area contributed by atoms with Crippen molar-refractivity contribution in [3.05, 3.63) is 11.1 Å². The number of hydrogen-bond donors (Lipinski definition) is 3. The number of anilines is 1. The number of hydrogen-bond acceptors (Lipinski definition) is 7. The third-order valence-electron chi connectivity index (χ3n) is 7.22. The van der Waals surface area contributed by atoms with E-state index in [4.69, 9.17) is 0 Å². The van der Waals surface area contributed by atoms with E-state index in [-0.39, 0.29) is 29.1 Å². The monoisotopic (exact) mass is 551 g/mol. The summed E-state index contributed by atoms with van der Waals surface area (Å²) in [6.07, 6.45) is 14.1. The Hall–Kier alpha value is -2.34. The number of nitrogens with one attached hydrogen (secondary N) is 3. The Morgan fingerprint density at radius 3 is 2.49 bits per heavy atom. The molecule has 1 aromatic rings. The number of nitrogens with zero attached hydrogens (tertiary/aromatic N) is 2.